The second-order valence-electron chi connectivity index (χ2n) is 10.4. The summed E-state index contributed by atoms with van der Waals surface area (Å²) in [7, 11) is 2.82. The van der Waals surface area contributed by atoms with Crippen LogP contribution in [0, 0.1) is 5.92 Å². The molecule has 1 saturated heterocycles. The highest BCUT2D eigenvalue weighted by atomic mass is 16.5. The van der Waals surface area contributed by atoms with Crippen molar-refractivity contribution in [2.45, 2.75) is 68.0 Å². The third-order valence-corrected chi connectivity index (χ3v) is 8.54. The molecule has 0 unspecified atom stereocenters. The number of methoxy groups -OCH3 is 2. The van der Waals surface area contributed by atoms with Crippen molar-refractivity contribution < 1.29 is 29.3 Å². The normalized spacial score (nSPS) is 32.6. The number of phenols is 1. The van der Waals surface area contributed by atoms with E-state index >= 15 is 0 Å². The maximum absolute atomic E-state index is 12.5. The number of fused-ring (bicyclic) bond motifs is 1. The van der Waals surface area contributed by atoms with Gasteiger partial charge < -0.3 is 25.0 Å². The molecule has 0 aromatic heterocycles. The van der Waals surface area contributed by atoms with E-state index in [0.29, 0.717) is 25.0 Å². The van der Waals surface area contributed by atoms with Crippen molar-refractivity contribution in [1.29, 1.82) is 0 Å². The molecule has 1 aliphatic heterocycles. The van der Waals surface area contributed by atoms with Gasteiger partial charge in [0.25, 0.3) is 0 Å². The predicted octanol–water partition coefficient (Wildman–Crippen LogP) is 1.81. The van der Waals surface area contributed by atoms with Gasteiger partial charge in [0.2, 0.25) is 5.91 Å². The topological polar surface area (TPSA) is 108 Å². The van der Waals surface area contributed by atoms with E-state index in [1.807, 2.05) is 6.07 Å². The SMILES string of the molecule is COC(=O)/C=C/C(=O)N[C@@H]1CC[C@@]2(O)[C@H]3Cc4ccc(O)c(OC)c4[C@@]2(CCN3CC2CC2)C1. The molecule has 1 amide bonds. The Morgan fingerprint density at radius 3 is 2.71 bits per heavy atom. The summed E-state index contributed by atoms with van der Waals surface area (Å²) < 4.78 is 10.3. The van der Waals surface area contributed by atoms with Crippen molar-refractivity contribution in [2.24, 2.45) is 5.92 Å². The lowest BCUT2D eigenvalue weighted by Gasteiger charge is -2.65. The number of piperidine rings is 1. The van der Waals surface area contributed by atoms with Gasteiger partial charge in [0.1, 0.15) is 0 Å². The quantitative estimate of drug-likeness (QED) is 0.430. The van der Waals surface area contributed by atoms with Gasteiger partial charge in [-0.05, 0) is 69.0 Å². The molecule has 8 heteroatoms. The van der Waals surface area contributed by atoms with Crippen LogP contribution in [0.1, 0.15) is 49.7 Å². The summed E-state index contributed by atoms with van der Waals surface area (Å²) in [5, 5.41) is 26.1. The van der Waals surface area contributed by atoms with E-state index in [0.717, 1.165) is 49.1 Å². The molecule has 8 nitrogen and oxygen atoms in total. The zero-order valence-corrected chi connectivity index (χ0v) is 19.9. The number of ether oxygens (including phenoxy) is 2. The zero-order valence-electron chi connectivity index (χ0n) is 19.9. The number of carbonyl (C=O) groups is 2. The Bertz CT molecular complexity index is 1020. The van der Waals surface area contributed by atoms with Crippen molar-refractivity contribution in [3.8, 4) is 11.5 Å². The maximum atomic E-state index is 12.5. The number of hydrogen-bond donors (Lipinski definition) is 3. The van der Waals surface area contributed by atoms with Gasteiger partial charge in [-0.25, -0.2) is 4.79 Å². The van der Waals surface area contributed by atoms with Crippen LogP contribution < -0.4 is 10.1 Å². The molecule has 3 fully saturated rings. The molecule has 184 valence electrons. The monoisotopic (exact) mass is 470 g/mol. The summed E-state index contributed by atoms with van der Waals surface area (Å²) in [5.74, 6) is 0.286. The molecule has 2 bridgehead atoms. The minimum absolute atomic E-state index is 0.000490. The van der Waals surface area contributed by atoms with Crippen molar-refractivity contribution in [3.05, 3.63) is 35.4 Å². The Hall–Kier alpha value is -2.58. The number of benzene rings is 1. The number of aromatic hydroxyl groups is 1. The summed E-state index contributed by atoms with van der Waals surface area (Å²) in [6, 6.07) is 3.46. The summed E-state index contributed by atoms with van der Waals surface area (Å²) in [5.41, 5.74) is 0.376. The second kappa shape index (κ2) is 8.57. The van der Waals surface area contributed by atoms with Crippen LogP contribution in [-0.2, 0) is 26.2 Å². The van der Waals surface area contributed by atoms with Gasteiger partial charge in [0.05, 0.1) is 19.8 Å². The molecule has 3 aliphatic carbocycles. The highest BCUT2D eigenvalue weighted by molar-refractivity contribution is 5.94. The summed E-state index contributed by atoms with van der Waals surface area (Å²) in [6.07, 6.45) is 7.99. The Morgan fingerprint density at radius 2 is 2.00 bits per heavy atom. The average molecular weight is 471 g/mol. The molecule has 4 aliphatic rings. The summed E-state index contributed by atoms with van der Waals surface area (Å²) in [4.78, 5) is 26.4. The van der Waals surface area contributed by atoms with Crippen LogP contribution >= 0.6 is 0 Å². The van der Waals surface area contributed by atoms with Crippen LogP contribution in [-0.4, -0.2) is 72.0 Å². The van der Waals surface area contributed by atoms with E-state index in [-0.39, 0.29) is 23.7 Å². The Balaban J connectivity index is 1.51. The van der Waals surface area contributed by atoms with Crippen molar-refractivity contribution >= 4 is 11.9 Å². The molecule has 3 N–H and O–H groups in total. The van der Waals surface area contributed by atoms with Gasteiger partial charge in [0, 0.05) is 41.8 Å². The van der Waals surface area contributed by atoms with E-state index in [1.54, 1.807) is 13.2 Å². The van der Waals surface area contributed by atoms with Gasteiger partial charge in [0.15, 0.2) is 11.5 Å². The van der Waals surface area contributed by atoms with Crippen molar-refractivity contribution in [2.75, 3.05) is 27.3 Å². The van der Waals surface area contributed by atoms with Gasteiger partial charge in [-0.3, -0.25) is 9.69 Å². The number of nitrogens with one attached hydrogen (secondary N) is 1. The van der Waals surface area contributed by atoms with Gasteiger partial charge in [-0.1, -0.05) is 6.07 Å². The van der Waals surface area contributed by atoms with E-state index < -0.39 is 17.0 Å². The minimum Gasteiger partial charge on any atom is -0.504 e. The summed E-state index contributed by atoms with van der Waals surface area (Å²) >= 11 is 0. The lowest BCUT2D eigenvalue weighted by atomic mass is 9.48. The Labute approximate surface area is 199 Å². The van der Waals surface area contributed by atoms with Crippen LogP contribution in [0.2, 0.25) is 0 Å². The number of aliphatic hydroxyl groups is 1. The number of esters is 1. The van der Waals surface area contributed by atoms with Gasteiger partial charge in [-0.2, -0.15) is 0 Å². The third-order valence-electron chi connectivity index (χ3n) is 8.54. The first kappa shape index (κ1) is 23.2. The van der Waals surface area contributed by atoms with Crippen LogP contribution in [0.15, 0.2) is 24.3 Å². The first-order valence-corrected chi connectivity index (χ1v) is 12.2. The molecule has 2 saturated carbocycles. The second-order valence-corrected chi connectivity index (χ2v) is 10.4. The number of phenolic OH excluding ortho intramolecular Hbond substituents is 1. The fourth-order valence-electron chi connectivity index (χ4n) is 6.83. The number of hydrogen-bond acceptors (Lipinski definition) is 7. The Morgan fingerprint density at radius 1 is 1.21 bits per heavy atom. The van der Waals surface area contributed by atoms with Gasteiger partial charge >= 0.3 is 5.97 Å². The molecular weight excluding hydrogens is 436 g/mol. The standard InChI is InChI=1S/C26H34N2O6/c1-33-22(31)8-7-21(30)27-18-9-10-26(32)20-13-17-5-6-19(29)24(34-2)23(17)25(26,14-18)11-12-28(20)15-16-3-4-16/h5-8,16,18,20,29,32H,3-4,9-15H2,1-2H3,(H,27,30)/b8-7+/t18-,20-,25-,26-/m1/s1. The first-order chi connectivity index (χ1) is 16.3. The zero-order chi connectivity index (χ0) is 24.1. The smallest absolute Gasteiger partial charge is 0.330 e. The largest absolute Gasteiger partial charge is 0.504 e. The van der Waals surface area contributed by atoms with Crippen LogP contribution in [0.4, 0.5) is 0 Å². The van der Waals surface area contributed by atoms with Crippen LogP contribution in [0.25, 0.3) is 0 Å². The summed E-state index contributed by atoms with van der Waals surface area (Å²) in [6.45, 7) is 1.89. The number of amides is 1. The molecule has 4 atom stereocenters. The van der Waals surface area contributed by atoms with Crippen molar-refractivity contribution in [1.82, 2.24) is 10.2 Å². The maximum Gasteiger partial charge on any atom is 0.330 e. The van der Waals surface area contributed by atoms with E-state index in [1.165, 1.54) is 26.0 Å². The molecular formula is C26H34N2O6. The van der Waals surface area contributed by atoms with E-state index in [2.05, 4.69) is 15.0 Å². The number of nitrogens with zero attached hydrogens (tertiary/aromatic N) is 1. The number of likely N-dealkylation sites (tertiary alicyclic amines) is 1. The first-order valence-electron chi connectivity index (χ1n) is 12.2. The highest BCUT2D eigenvalue weighted by Gasteiger charge is 2.65. The molecule has 5 rings (SSSR count). The number of rotatable bonds is 6. The van der Waals surface area contributed by atoms with Crippen LogP contribution in [0.5, 0.6) is 11.5 Å². The van der Waals surface area contributed by atoms with Crippen molar-refractivity contribution in [3.63, 3.8) is 0 Å². The lowest BCUT2D eigenvalue weighted by molar-refractivity contribution is -0.171. The molecule has 1 heterocycles. The molecule has 34 heavy (non-hydrogen) atoms. The predicted molar refractivity (Wildman–Crippen MR) is 125 cm³/mol. The van der Waals surface area contributed by atoms with E-state index in [4.69, 9.17) is 4.74 Å². The molecule has 1 aromatic carbocycles. The lowest BCUT2D eigenvalue weighted by Crippen LogP contribution is -2.74. The molecule has 1 aromatic rings. The minimum atomic E-state index is -0.975. The average Bonchev–Trinajstić information content (AvgIpc) is 3.64. The third kappa shape index (κ3) is 3.67. The molecule has 0 radical (unpaired) electrons. The van der Waals surface area contributed by atoms with E-state index in [9.17, 15) is 19.8 Å². The molecule has 0 spiro atoms. The van der Waals surface area contributed by atoms with Gasteiger partial charge in [-0.15, -0.1) is 0 Å². The van der Waals surface area contributed by atoms with Crippen LogP contribution in [0.3, 0.4) is 0 Å². The Kier molecular flexibility index (Phi) is 5.84. The number of carbonyl (C=O) groups excluding carboxylic acids is 2. The fourth-order valence-corrected chi connectivity index (χ4v) is 6.83. The fraction of sp³-hybridized carbons (Fsp3) is 0.615. The highest BCUT2D eigenvalue weighted by Crippen LogP contribution is 2.61.